The fourth-order valence-electron chi connectivity index (χ4n) is 1.80. The highest BCUT2D eigenvalue weighted by atomic mass is 16.5. The Kier molecular flexibility index (Phi) is 3.28. The second kappa shape index (κ2) is 4.86. The average Bonchev–Trinajstić information content (AvgIpc) is 2.39. The van der Waals surface area contributed by atoms with E-state index in [9.17, 15) is 0 Å². The molecule has 0 spiro atoms. The van der Waals surface area contributed by atoms with Crippen LogP contribution in [0.25, 0.3) is 4.85 Å². The number of nitrogens with zero attached hydrogens (tertiary/aromatic N) is 2. The molecule has 1 aromatic rings. The molecule has 1 aliphatic heterocycles. The summed E-state index contributed by atoms with van der Waals surface area (Å²) in [5.41, 5.74) is 1.65. The molecular formula is C12H14N2O2. The van der Waals surface area contributed by atoms with E-state index < -0.39 is 0 Å². The third-order valence-electron chi connectivity index (χ3n) is 2.64. The number of ether oxygens (including phenoxy) is 2. The van der Waals surface area contributed by atoms with Crippen LogP contribution in [0.4, 0.5) is 11.4 Å². The maximum absolute atomic E-state index is 6.97. The van der Waals surface area contributed by atoms with Gasteiger partial charge in [-0.05, 0) is 12.1 Å². The summed E-state index contributed by atoms with van der Waals surface area (Å²) < 4.78 is 10.6. The molecule has 1 heterocycles. The Morgan fingerprint density at radius 2 is 2.12 bits per heavy atom. The Morgan fingerprint density at radius 3 is 2.75 bits per heavy atom. The van der Waals surface area contributed by atoms with Crippen molar-refractivity contribution in [2.75, 3.05) is 38.3 Å². The molecule has 1 saturated heterocycles. The van der Waals surface area contributed by atoms with E-state index in [0.717, 1.165) is 37.7 Å². The molecule has 1 aromatic carbocycles. The van der Waals surface area contributed by atoms with Crippen LogP contribution in [0.15, 0.2) is 18.2 Å². The molecule has 0 unspecified atom stereocenters. The summed E-state index contributed by atoms with van der Waals surface area (Å²) in [6.07, 6.45) is 0. The first kappa shape index (κ1) is 10.8. The SMILES string of the molecule is [C-]#[N+]c1ccc(N2CCOCC2)c(OC)c1. The van der Waals surface area contributed by atoms with Gasteiger partial charge in [-0.15, -0.1) is 0 Å². The van der Waals surface area contributed by atoms with Gasteiger partial charge in [0, 0.05) is 13.1 Å². The molecule has 0 N–H and O–H groups in total. The Morgan fingerprint density at radius 1 is 1.38 bits per heavy atom. The largest absolute Gasteiger partial charge is 0.496 e. The minimum absolute atomic E-state index is 0.605. The molecule has 16 heavy (non-hydrogen) atoms. The number of methoxy groups -OCH3 is 1. The Bertz CT molecular complexity index is 406. The van der Waals surface area contributed by atoms with Gasteiger partial charge in [0.05, 0.1) is 32.6 Å². The molecule has 0 bridgehead atoms. The normalized spacial score (nSPS) is 15.6. The topological polar surface area (TPSA) is 26.1 Å². The molecule has 0 atom stereocenters. The monoisotopic (exact) mass is 218 g/mol. The number of hydrogen-bond acceptors (Lipinski definition) is 3. The number of morpholine rings is 1. The number of benzene rings is 1. The molecule has 0 radical (unpaired) electrons. The zero-order valence-electron chi connectivity index (χ0n) is 9.27. The van der Waals surface area contributed by atoms with Crippen molar-refractivity contribution in [1.82, 2.24) is 0 Å². The zero-order chi connectivity index (χ0) is 11.4. The predicted molar refractivity (Wildman–Crippen MR) is 62.3 cm³/mol. The van der Waals surface area contributed by atoms with Crippen molar-refractivity contribution in [3.63, 3.8) is 0 Å². The van der Waals surface area contributed by atoms with Gasteiger partial charge in [-0.2, -0.15) is 0 Å². The van der Waals surface area contributed by atoms with E-state index in [1.165, 1.54) is 0 Å². The molecule has 4 nitrogen and oxygen atoms in total. The van der Waals surface area contributed by atoms with Gasteiger partial charge >= 0.3 is 0 Å². The van der Waals surface area contributed by atoms with Crippen molar-refractivity contribution in [2.24, 2.45) is 0 Å². The lowest BCUT2D eigenvalue weighted by Gasteiger charge is -2.30. The molecule has 1 aliphatic rings. The summed E-state index contributed by atoms with van der Waals surface area (Å²) >= 11 is 0. The van der Waals surface area contributed by atoms with Gasteiger partial charge in [0.15, 0.2) is 5.69 Å². The van der Waals surface area contributed by atoms with Crippen LogP contribution < -0.4 is 9.64 Å². The van der Waals surface area contributed by atoms with Crippen LogP contribution in [-0.2, 0) is 4.74 Å². The van der Waals surface area contributed by atoms with Crippen LogP contribution >= 0.6 is 0 Å². The maximum atomic E-state index is 6.97. The van der Waals surface area contributed by atoms with E-state index in [2.05, 4.69) is 9.74 Å². The van der Waals surface area contributed by atoms with E-state index in [-0.39, 0.29) is 0 Å². The highest BCUT2D eigenvalue weighted by molar-refractivity contribution is 5.65. The summed E-state index contributed by atoms with van der Waals surface area (Å²) in [6.45, 7) is 10.2. The zero-order valence-corrected chi connectivity index (χ0v) is 9.27. The Labute approximate surface area is 95.2 Å². The summed E-state index contributed by atoms with van der Waals surface area (Å²) in [5, 5.41) is 0. The summed E-state index contributed by atoms with van der Waals surface area (Å²) in [7, 11) is 1.63. The van der Waals surface area contributed by atoms with Crippen molar-refractivity contribution in [1.29, 1.82) is 0 Å². The minimum atomic E-state index is 0.605. The fraction of sp³-hybridized carbons (Fsp3) is 0.417. The van der Waals surface area contributed by atoms with Crippen molar-refractivity contribution >= 4 is 11.4 Å². The molecule has 84 valence electrons. The van der Waals surface area contributed by atoms with Crippen LogP contribution in [0.3, 0.4) is 0 Å². The van der Waals surface area contributed by atoms with Crippen LogP contribution in [-0.4, -0.2) is 33.4 Å². The van der Waals surface area contributed by atoms with E-state index >= 15 is 0 Å². The Hall–Kier alpha value is -1.73. The van der Waals surface area contributed by atoms with Crippen LogP contribution in [0, 0.1) is 6.57 Å². The smallest absolute Gasteiger partial charge is 0.191 e. The van der Waals surface area contributed by atoms with Gasteiger partial charge in [0.2, 0.25) is 0 Å². The third-order valence-corrected chi connectivity index (χ3v) is 2.64. The molecule has 2 rings (SSSR count). The second-order valence-electron chi connectivity index (χ2n) is 3.57. The first-order valence-electron chi connectivity index (χ1n) is 5.23. The van der Waals surface area contributed by atoms with E-state index in [4.69, 9.17) is 16.0 Å². The van der Waals surface area contributed by atoms with Crippen molar-refractivity contribution < 1.29 is 9.47 Å². The molecule has 0 saturated carbocycles. The Balaban J connectivity index is 2.29. The molecule has 4 heteroatoms. The maximum Gasteiger partial charge on any atom is 0.191 e. The van der Waals surface area contributed by atoms with Crippen molar-refractivity contribution in [3.8, 4) is 5.75 Å². The summed E-state index contributed by atoms with van der Waals surface area (Å²) in [4.78, 5) is 5.61. The molecule has 0 amide bonds. The average molecular weight is 218 g/mol. The minimum Gasteiger partial charge on any atom is -0.496 e. The second-order valence-corrected chi connectivity index (χ2v) is 3.57. The lowest BCUT2D eigenvalue weighted by Crippen LogP contribution is -2.36. The van der Waals surface area contributed by atoms with Crippen LogP contribution in [0.1, 0.15) is 0 Å². The molecule has 0 aliphatic carbocycles. The number of rotatable bonds is 2. The van der Waals surface area contributed by atoms with Gasteiger partial charge in [-0.3, -0.25) is 0 Å². The molecular weight excluding hydrogens is 204 g/mol. The fourth-order valence-corrected chi connectivity index (χ4v) is 1.80. The van der Waals surface area contributed by atoms with Crippen molar-refractivity contribution in [3.05, 3.63) is 29.6 Å². The first-order valence-corrected chi connectivity index (χ1v) is 5.23. The third kappa shape index (κ3) is 2.10. The summed E-state index contributed by atoms with van der Waals surface area (Å²) in [6, 6.07) is 5.54. The lowest BCUT2D eigenvalue weighted by molar-refractivity contribution is 0.122. The van der Waals surface area contributed by atoms with E-state index in [1.54, 1.807) is 13.2 Å². The van der Waals surface area contributed by atoms with E-state index in [0.29, 0.717) is 5.69 Å². The summed E-state index contributed by atoms with van der Waals surface area (Å²) in [5.74, 6) is 0.760. The predicted octanol–water partition coefficient (Wildman–Crippen LogP) is 2.08. The van der Waals surface area contributed by atoms with Gasteiger partial charge in [-0.25, -0.2) is 4.85 Å². The van der Waals surface area contributed by atoms with Gasteiger partial charge in [0.1, 0.15) is 5.75 Å². The van der Waals surface area contributed by atoms with Gasteiger partial charge in [0.25, 0.3) is 0 Å². The number of anilines is 1. The van der Waals surface area contributed by atoms with Crippen LogP contribution in [0.2, 0.25) is 0 Å². The molecule has 1 fully saturated rings. The van der Waals surface area contributed by atoms with Crippen LogP contribution in [0.5, 0.6) is 5.75 Å². The number of hydrogen-bond donors (Lipinski definition) is 0. The van der Waals surface area contributed by atoms with Gasteiger partial charge in [-0.1, -0.05) is 6.07 Å². The van der Waals surface area contributed by atoms with Crippen molar-refractivity contribution in [2.45, 2.75) is 0 Å². The lowest BCUT2D eigenvalue weighted by atomic mass is 10.2. The quantitative estimate of drug-likeness (QED) is 0.711. The highest BCUT2D eigenvalue weighted by Crippen LogP contribution is 2.32. The molecule has 0 aromatic heterocycles. The van der Waals surface area contributed by atoms with E-state index in [1.807, 2.05) is 12.1 Å². The standard InChI is InChI=1S/C12H14N2O2/c1-13-10-3-4-11(12(9-10)15-2)14-5-7-16-8-6-14/h3-4,9H,5-8H2,2H3. The van der Waals surface area contributed by atoms with Gasteiger partial charge < -0.3 is 14.4 Å². The highest BCUT2D eigenvalue weighted by Gasteiger charge is 2.15. The first-order chi connectivity index (χ1) is 7.85.